The van der Waals surface area contributed by atoms with E-state index >= 15 is 0 Å². The van der Waals surface area contributed by atoms with Gasteiger partial charge in [0, 0.05) is 24.9 Å². The molecule has 19 heavy (non-hydrogen) atoms. The van der Waals surface area contributed by atoms with E-state index in [2.05, 4.69) is 18.7 Å². The second-order valence-electron chi connectivity index (χ2n) is 6.78. The summed E-state index contributed by atoms with van der Waals surface area (Å²) in [6.45, 7) is 6.58. The maximum atomic E-state index is 12.3. The van der Waals surface area contributed by atoms with Crippen molar-refractivity contribution in [2.75, 3.05) is 19.7 Å². The Kier molecular flexibility index (Phi) is 5.40. The molecule has 1 saturated heterocycles. The highest BCUT2D eigenvalue weighted by Crippen LogP contribution is 2.32. The molecular weight excluding hydrogens is 238 g/mol. The molecule has 0 aromatic rings. The number of hydrogen-bond acceptors (Lipinski definition) is 3. The molecule has 110 valence electrons. The van der Waals surface area contributed by atoms with Crippen molar-refractivity contribution in [1.29, 1.82) is 0 Å². The normalized spacial score (nSPS) is 38.2. The van der Waals surface area contributed by atoms with E-state index in [9.17, 15) is 9.90 Å². The van der Waals surface area contributed by atoms with Crippen LogP contribution in [0.15, 0.2) is 0 Å². The van der Waals surface area contributed by atoms with Gasteiger partial charge in [-0.1, -0.05) is 26.7 Å². The zero-order valence-electron chi connectivity index (χ0n) is 12.5. The van der Waals surface area contributed by atoms with E-state index in [1.807, 2.05) is 0 Å². The first-order chi connectivity index (χ1) is 9.11. The van der Waals surface area contributed by atoms with Crippen LogP contribution >= 0.6 is 0 Å². The van der Waals surface area contributed by atoms with Crippen LogP contribution in [0.4, 0.5) is 0 Å². The third-order valence-electron chi connectivity index (χ3n) is 5.07. The van der Waals surface area contributed by atoms with E-state index < -0.39 is 0 Å². The molecule has 0 amide bonds. The third kappa shape index (κ3) is 3.79. The van der Waals surface area contributed by atoms with Gasteiger partial charge in [0.25, 0.3) is 0 Å². The van der Waals surface area contributed by atoms with Crippen molar-refractivity contribution in [1.82, 2.24) is 4.90 Å². The number of aliphatic hydroxyl groups excluding tert-OH is 1. The Balaban J connectivity index is 1.99. The number of likely N-dealkylation sites (tertiary alicyclic amines) is 1. The van der Waals surface area contributed by atoms with Crippen molar-refractivity contribution in [3.05, 3.63) is 0 Å². The van der Waals surface area contributed by atoms with Crippen LogP contribution in [0.1, 0.15) is 52.4 Å². The maximum Gasteiger partial charge on any atom is 0.137 e. The van der Waals surface area contributed by atoms with Crippen LogP contribution in [-0.2, 0) is 4.79 Å². The Labute approximate surface area is 117 Å². The van der Waals surface area contributed by atoms with E-state index in [0.29, 0.717) is 17.6 Å². The molecule has 1 aliphatic heterocycles. The fraction of sp³-hybridized carbons (Fsp3) is 0.938. The molecule has 0 aromatic heterocycles. The van der Waals surface area contributed by atoms with Gasteiger partial charge in [0.1, 0.15) is 5.78 Å². The second-order valence-corrected chi connectivity index (χ2v) is 6.78. The van der Waals surface area contributed by atoms with Gasteiger partial charge >= 0.3 is 0 Å². The molecule has 3 nitrogen and oxygen atoms in total. The number of hydrogen-bond donors (Lipinski definition) is 1. The molecule has 1 heterocycles. The van der Waals surface area contributed by atoms with Gasteiger partial charge in [-0.15, -0.1) is 0 Å². The summed E-state index contributed by atoms with van der Waals surface area (Å²) in [5.41, 5.74) is 0. The molecule has 0 aromatic carbocycles. The van der Waals surface area contributed by atoms with Crippen LogP contribution in [0.5, 0.6) is 0 Å². The van der Waals surface area contributed by atoms with Crippen LogP contribution in [0.25, 0.3) is 0 Å². The van der Waals surface area contributed by atoms with Gasteiger partial charge in [-0.25, -0.2) is 0 Å². The van der Waals surface area contributed by atoms with Crippen molar-refractivity contribution >= 4 is 5.78 Å². The Morgan fingerprint density at radius 1 is 1.26 bits per heavy atom. The van der Waals surface area contributed by atoms with Crippen molar-refractivity contribution in [2.45, 2.75) is 58.4 Å². The van der Waals surface area contributed by atoms with Crippen molar-refractivity contribution in [3.63, 3.8) is 0 Å². The van der Waals surface area contributed by atoms with E-state index in [-0.39, 0.29) is 18.6 Å². The van der Waals surface area contributed by atoms with Crippen LogP contribution in [0, 0.1) is 17.8 Å². The average molecular weight is 267 g/mol. The van der Waals surface area contributed by atoms with Gasteiger partial charge in [0.05, 0.1) is 6.61 Å². The van der Waals surface area contributed by atoms with E-state index in [1.54, 1.807) is 0 Å². The molecule has 2 fully saturated rings. The lowest BCUT2D eigenvalue weighted by atomic mass is 9.74. The predicted octanol–water partition coefficient (Wildman–Crippen LogP) is 2.47. The summed E-state index contributed by atoms with van der Waals surface area (Å²) >= 11 is 0. The Hall–Kier alpha value is -0.410. The van der Waals surface area contributed by atoms with Gasteiger partial charge in [-0.2, -0.15) is 0 Å². The van der Waals surface area contributed by atoms with Crippen molar-refractivity contribution in [3.8, 4) is 0 Å². The van der Waals surface area contributed by atoms with Crippen LogP contribution in [-0.4, -0.2) is 41.5 Å². The summed E-state index contributed by atoms with van der Waals surface area (Å²) in [5, 5.41) is 9.56. The largest absolute Gasteiger partial charge is 0.395 e. The quantitative estimate of drug-likeness (QED) is 0.854. The van der Waals surface area contributed by atoms with E-state index in [4.69, 9.17) is 0 Å². The minimum absolute atomic E-state index is 0.198. The number of Topliss-reactive ketones (excluding diaryl/α,β-unsaturated/α-hetero) is 1. The maximum absolute atomic E-state index is 12.3. The molecule has 1 aliphatic carbocycles. The second kappa shape index (κ2) is 6.85. The number of rotatable bonds is 3. The number of nitrogens with zero attached hydrogens (tertiary/aromatic N) is 1. The lowest BCUT2D eigenvalue weighted by Crippen LogP contribution is -2.45. The summed E-state index contributed by atoms with van der Waals surface area (Å²) in [7, 11) is 0. The minimum Gasteiger partial charge on any atom is -0.395 e. The molecular formula is C16H29NO2. The zero-order chi connectivity index (χ0) is 13.8. The topological polar surface area (TPSA) is 40.5 Å². The Bertz CT molecular complexity index is 305. The van der Waals surface area contributed by atoms with Crippen LogP contribution in [0.2, 0.25) is 0 Å². The van der Waals surface area contributed by atoms with Crippen LogP contribution in [0.3, 0.4) is 0 Å². The van der Waals surface area contributed by atoms with Gasteiger partial charge in [0.15, 0.2) is 0 Å². The van der Waals surface area contributed by atoms with Crippen molar-refractivity contribution in [2.24, 2.45) is 17.8 Å². The van der Waals surface area contributed by atoms with Crippen molar-refractivity contribution < 1.29 is 9.90 Å². The first-order valence-electron chi connectivity index (χ1n) is 7.99. The molecule has 4 atom stereocenters. The fourth-order valence-corrected chi connectivity index (χ4v) is 3.91. The smallest absolute Gasteiger partial charge is 0.137 e. The molecule has 2 aliphatic rings. The lowest BCUT2D eigenvalue weighted by molar-refractivity contribution is -0.129. The summed E-state index contributed by atoms with van der Waals surface area (Å²) in [6, 6.07) is 0.279. The molecule has 1 saturated carbocycles. The summed E-state index contributed by atoms with van der Waals surface area (Å²) in [4.78, 5) is 14.7. The average Bonchev–Trinajstić information content (AvgIpc) is 2.58. The monoisotopic (exact) mass is 267 g/mol. The van der Waals surface area contributed by atoms with Gasteiger partial charge in [-0.3, -0.25) is 9.69 Å². The molecule has 3 heteroatoms. The Morgan fingerprint density at radius 2 is 2.05 bits per heavy atom. The number of carbonyl (C=O) groups is 1. The minimum atomic E-state index is 0.198. The highest BCUT2D eigenvalue weighted by atomic mass is 16.3. The summed E-state index contributed by atoms with van der Waals surface area (Å²) < 4.78 is 0. The van der Waals surface area contributed by atoms with Crippen LogP contribution < -0.4 is 0 Å². The van der Waals surface area contributed by atoms with E-state index in [0.717, 1.165) is 25.9 Å². The molecule has 2 rings (SSSR count). The van der Waals surface area contributed by atoms with Gasteiger partial charge in [0.2, 0.25) is 0 Å². The first-order valence-corrected chi connectivity index (χ1v) is 7.99. The molecule has 1 N–H and O–H groups in total. The fourth-order valence-electron chi connectivity index (χ4n) is 3.91. The van der Waals surface area contributed by atoms with E-state index in [1.165, 1.54) is 25.7 Å². The zero-order valence-corrected chi connectivity index (χ0v) is 12.5. The number of ketones is 1. The number of aliphatic hydroxyl groups is 1. The highest BCUT2D eigenvalue weighted by molar-refractivity contribution is 5.82. The summed E-state index contributed by atoms with van der Waals surface area (Å²) in [6.07, 6.45) is 6.70. The SMILES string of the molecule is CC1CC(=O)C(CN2CCCCCC2CO)C(C)C1. The molecule has 0 radical (unpaired) electrons. The third-order valence-corrected chi connectivity index (χ3v) is 5.07. The standard InChI is InChI=1S/C16H29NO2/c1-12-8-13(2)15(16(19)9-12)10-17-7-5-3-4-6-14(17)11-18/h12-15,18H,3-11H2,1-2H3. The van der Waals surface area contributed by atoms with Gasteiger partial charge < -0.3 is 5.11 Å². The highest BCUT2D eigenvalue weighted by Gasteiger charge is 2.35. The molecule has 0 bridgehead atoms. The predicted molar refractivity (Wildman–Crippen MR) is 77.0 cm³/mol. The molecule has 0 spiro atoms. The summed E-state index contributed by atoms with van der Waals surface area (Å²) in [5.74, 6) is 1.70. The van der Waals surface area contributed by atoms with Gasteiger partial charge in [-0.05, 0) is 37.6 Å². The lowest BCUT2D eigenvalue weighted by Gasteiger charge is -2.37. The molecule has 4 unspecified atom stereocenters. The first kappa shape index (κ1) is 15.0. The number of carbonyl (C=O) groups excluding carboxylic acids is 1. The Morgan fingerprint density at radius 3 is 2.74 bits per heavy atom.